The van der Waals surface area contributed by atoms with Crippen molar-refractivity contribution < 1.29 is 22.7 Å². The third kappa shape index (κ3) is 3.63. The van der Waals surface area contributed by atoms with E-state index >= 15 is 0 Å². The molecule has 7 heteroatoms. The molecule has 0 spiro atoms. The molecule has 1 amide bonds. The molecular formula is C11H13F3N2O2. The van der Waals surface area contributed by atoms with Gasteiger partial charge in [0.15, 0.2) is 0 Å². The molecule has 1 unspecified atom stereocenters. The minimum atomic E-state index is -4.48. The number of ether oxygens (including phenoxy) is 1. The second-order valence-corrected chi connectivity index (χ2v) is 3.65. The number of primary amides is 1. The van der Waals surface area contributed by atoms with Gasteiger partial charge in [0.1, 0.15) is 6.61 Å². The van der Waals surface area contributed by atoms with E-state index in [9.17, 15) is 18.0 Å². The van der Waals surface area contributed by atoms with Gasteiger partial charge < -0.3 is 16.2 Å². The molecule has 0 saturated carbocycles. The zero-order valence-electron chi connectivity index (χ0n) is 9.41. The van der Waals surface area contributed by atoms with Crippen LogP contribution in [0.5, 0.6) is 0 Å². The first kappa shape index (κ1) is 14.3. The fraction of sp³-hybridized carbons (Fsp3) is 0.364. The third-order valence-corrected chi connectivity index (χ3v) is 2.42. The average molecular weight is 262 g/mol. The lowest BCUT2D eigenvalue weighted by Gasteiger charge is -2.19. The first-order valence-corrected chi connectivity index (χ1v) is 5.14. The Labute approximate surface area is 102 Å². The smallest absolute Gasteiger partial charge is 0.416 e. The molecule has 0 saturated heterocycles. The van der Waals surface area contributed by atoms with Crippen LogP contribution in [-0.2, 0) is 10.9 Å². The van der Waals surface area contributed by atoms with Crippen LogP contribution >= 0.6 is 0 Å². The van der Waals surface area contributed by atoms with Crippen molar-refractivity contribution in [2.45, 2.75) is 12.1 Å². The normalized spacial score (nSPS) is 13.1. The minimum absolute atomic E-state index is 0.00579. The molecule has 0 bridgehead atoms. The topological polar surface area (TPSA) is 78.3 Å². The highest BCUT2D eigenvalue weighted by Gasteiger charge is 2.34. The lowest BCUT2D eigenvalue weighted by molar-refractivity contribution is -0.138. The Morgan fingerprint density at radius 1 is 1.33 bits per heavy atom. The van der Waals surface area contributed by atoms with Gasteiger partial charge in [-0.05, 0) is 11.6 Å². The van der Waals surface area contributed by atoms with Crippen LogP contribution in [0.4, 0.5) is 18.0 Å². The van der Waals surface area contributed by atoms with Gasteiger partial charge in [-0.3, -0.25) is 0 Å². The van der Waals surface area contributed by atoms with Gasteiger partial charge in [-0.25, -0.2) is 4.79 Å². The van der Waals surface area contributed by atoms with Crippen molar-refractivity contribution in [1.82, 2.24) is 0 Å². The molecule has 0 fully saturated rings. The Morgan fingerprint density at radius 2 is 1.94 bits per heavy atom. The summed E-state index contributed by atoms with van der Waals surface area (Å²) < 4.78 is 42.8. The van der Waals surface area contributed by atoms with Crippen molar-refractivity contribution in [3.8, 4) is 0 Å². The lowest BCUT2D eigenvalue weighted by Crippen LogP contribution is -2.25. The molecule has 0 aliphatic heterocycles. The predicted molar refractivity (Wildman–Crippen MR) is 58.8 cm³/mol. The van der Waals surface area contributed by atoms with E-state index in [0.29, 0.717) is 0 Å². The first-order chi connectivity index (χ1) is 8.36. The van der Waals surface area contributed by atoms with Gasteiger partial charge in [0.2, 0.25) is 0 Å². The SMILES string of the molecule is NCC(COC(N)=O)c1ccccc1C(F)(F)F. The lowest BCUT2D eigenvalue weighted by atomic mass is 9.94. The first-order valence-electron chi connectivity index (χ1n) is 5.14. The number of alkyl halides is 3. The van der Waals surface area contributed by atoms with Crippen molar-refractivity contribution in [1.29, 1.82) is 0 Å². The van der Waals surface area contributed by atoms with E-state index in [1.54, 1.807) is 0 Å². The van der Waals surface area contributed by atoms with Crippen LogP contribution in [0, 0.1) is 0 Å². The largest absolute Gasteiger partial charge is 0.449 e. The molecule has 1 aromatic rings. The molecule has 0 aliphatic carbocycles. The maximum Gasteiger partial charge on any atom is 0.416 e. The molecule has 1 aromatic carbocycles. The van der Waals surface area contributed by atoms with Crippen LogP contribution in [0.2, 0.25) is 0 Å². The molecule has 0 aromatic heterocycles. The molecule has 0 heterocycles. The van der Waals surface area contributed by atoms with Crippen molar-refractivity contribution in [2.24, 2.45) is 11.5 Å². The molecule has 1 atom stereocenters. The van der Waals surface area contributed by atoms with Gasteiger partial charge >= 0.3 is 12.3 Å². The van der Waals surface area contributed by atoms with Gasteiger partial charge in [-0.1, -0.05) is 18.2 Å². The summed E-state index contributed by atoms with van der Waals surface area (Å²) in [5.74, 6) is -0.740. The Bertz CT molecular complexity index is 421. The second-order valence-electron chi connectivity index (χ2n) is 3.65. The summed E-state index contributed by atoms with van der Waals surface area (Å²) in [4.78, 5) is 10.5. The maximum atomic E-state index is 12.8. The summed E-state index contributed by atoms with van der Waals surface area (Å²) in [6, 6.07) is 5.03. The molecule has 4 nitrogen and oxygen atoms in total. The fourth-order valence-corrected chi connectivity index (χ4v) is 1.58. The maximum absolute atomic E-state index is 12.8. The fourth-order valence-electron chi connectivity index (χ4n) is 1.58. The van der Waals surface area contributed by atoms with Crippen LogP contribution in [-0.4, -0.2) is 19.2 Å². The van der Waals surface area contributed by atoms with Crippen LogP contribution < -0.4 is 11.5 Å². The molecule has 0 radical (unpaired) electrons. The molecular weight excluding hydrogens is 249 g/mol. The van der Waals surface area contributed by atoms with Crippen LogP contribution in [0.25, 0.3) is 0 Å². The number of carbonyl (C=O) groups is 1. The standard InChI is InChI=1S/C11H13F3N2O2/c12-11(13,14)9-4-2-1-3-8(9)7(5-15)6-18-10(16)17/h1-4,7H,5-6,15H2,(H2,16,17). The summed E-state index contributed by atoms with van der Waals surface area (Å²) in [5.41, 5.74) is 9.39. The molecule has 100 valence electrons. The van der Waals surface area contributed by atoms with Crippen molar-refractivity contribution >= 4 is 6.09 Å². The van der Waals surface area contributed by atoms with Gasteiger partial charge in [0, 0.05) is 12.5 Å². The average Bonchev–Trinajstić information content (AvgIpc) is 2.29. The van der Waals surface area contributed by atoms with E-state index in [0.717, 1.165) is 6.07 Å². The van der Waals surface area contributed by atoms with Crippen molar-refractivity contribution in [3.05, 3.63) is 35.4 Å². The quantitative estimate of drug-likeness (QED) is 0.869. The summed E-state index contributed by atoms with van der Waals surface area (Å²) >= 11 is 0. The summed E-state index contributed by atoms with van der Waals surface area (Å²) in [6.07, 6.45) is -5.52. The Morgan fingerprint density at radius 3 is 2.44 bits per heavy atom. The van der Waals surface area contributed by atoms with E-state index in [1.165, 1.54) is 18.2 Å². The highest BCUT2D eigenvalue weighted by molar-refractivity contribution is 5.64. The van der Waals surface area contributed by atoms with E-state index in [1.807, 2.05) is 0 Å². The number of hydrogen-bond donors (Lipinski definition) is 2. The summed E-state index contributed by atoms with van der Waals surface area (Å²) in [6.45, 7) is -0.362. The molecule has 0 aliphatic rings. The van der Waals surface area contributed by atoms with Crippen LogP contribution in [0.15, 0.2) is 24.3 Å². The predicted octanol–water partition coefficient (Wildman–Crippen LogP) is 1.84. The van der Waals surface area contributed by atoms with E-state index < -0.39 is 23.8 Å². The zero-order valence-corrected chi connectivity index (χ0v) is 9.41. The molecule has 18 heavy (non-hydrogen) atoms. The van der Waals surface area contributed by atoms with Gasteiger partial charge in [0.25, 0.3) is 0 Å². The third-order valence-electron chi connectivity index (χ3n) is 2.42. The number of rotatable bonds is 4. The van der Waals surface area contributed by atoms with Gasteiger partial charge in [-0.15, -0.1) is 0 Å². The molecule has 4 N–H and O–H groups in total. The van der Waals surface area contributed by atoms with E-state index in [4.69, 9.17) is 11.5 Å². The second kappa shape index (κ2) is 5.72. The number of nitrogens with two attached hydrogens (primary N) is 2. The van der Waals surface area contributed by atoms with Crippen LogP contribution in [0.3, 0.4) is 0 Å². The van der Waals surface area contributed by atoms with Crippen molar-refractivity contribution in [3.63, 3.8) is 0 Å². The van der Waals surface area contributed by atoms with E-state index in [2.05, 4.69) is 4.74 Å². The van der Waals surface area contributed by atoms with E-state index in [-0.39, 0.29) is 18.7 Å². The van der Waals surface area contributed by atoms with Crippen molar-refractivity contribution in [2.75, 3.05) is 13.2 Å². The Balaban J connectivity index is 3.02. The highest BCUT2D eigenvalue weighted by atomic mass is 19.4. The summed E-state index contributed by atoms with van der Waals surface area (Å²) in [5, 5.41) is 0. The minimum Gasteiger partial charge on any atom is -0.449 e. The Kier molecular flexibility index (Phi) is 4.55. The molecule has 1 rings (SSSR count). The highest BCUT2D eigenvalue weighted by Crippen LogP contribution is 2.34. The Hall–Kier alpha value is -1.76. The van der Waals surface area contributed by atoms with Gasteiger partial charge in [0.05, 0.1) is 5.56 Å². The number of benzene rings is 1. The number of halogens is 3. The number of carbonyl (C=O) groups excluding carboxylic acids is 1. The van der Waals surface area contributed by atoms with Gasteiger partial charge in [-0.2, -0.15) is 13.2 Å². The number of hydrogen-bond acceptors (Lipinski definition) is 3. The number of amides is 1. The summed E-state index contributed by atoms with van der Waals surface area (Å²) in [7, 11) is 0. The van der Waals surface area contributed by atoms with Crippen LogP contribution in [0.1, 0.15) is 17.0 Å². The zero-order chi connectivity index (χ0) is 13.8. The monoisotopic (exact) mass is 262 g/mol.